The number of nitrogens with zero attached hydrogens (tertiary/aromatic N) is 2. The van der Waals surface area contributed by atoms with Crippen LogP contribution in [0.3, 0.4) is 0 Å². The summed E-state index contributed by atoms with van der Waals surface area (Å²) in [6.07, 6.45) is 4.16. The molecular weight excluding hydrogens is 432 g/mol. The van der Waals surface area contributed by atoms with Crippen LogP contribution in [0.15, 0.2) is 53.7 Å². The lowest BCUT2D eigenvalue weighted by Crippen LogP contribution is -2.40. The summed E-state index contributed by atoms with van der Waals surface area (Å²) in [5, 5.41) is 11.5. The highest BCUT2D eigenvalue weighted by molar-refractivity contribution is 6.01. The zero-order valence-electron chi connectivity index (χ0n) is 19.9. The summed E-state index contributed by atoms with van der Waals surface area (Å²) in [7, 11) is 3.25. The molecular formula is C27H28N2O5. The van der Waals surface area contributed by atoms with Crippen LogP contribution < -0.4 is 9.47 Å². The summed E-state index contributed by atoms with van der Waals surface area (Å²) in [4.78, 5) is 26.8. The molecule has 0 bridgehead atoms. The standard InChI is InChI=1S/C27H28N2O5/c1-27(2)14-22-26(23(30)15-27)20(16-6-5-7-18(10-16)29(31)32)12-21-19-13-25(34-4)24(33-3)11-17(19)8-9-28(21)22/h5-7,10-13,20H,8-9,14-15H2,1-4H3. The van der Waals surface area contributed by atoms with Gasteiger partial charge in [-0.05, 0) is 47.6 Å². The first-order chi connectivity index (χ1) is 16.2. The number of fused-ring (bicyclic) bond motifs is 4. The van der Waals surface area contributed by atoms with Crippen LogP contribution in [0.5, 0.6) is 11.5 Å². The summed E-state index contributed by atoms with van der Waals surface area (Å²) in [5.41, 5.74) is 5.66. The van der Waals surface area contributed by atoms with Crippen molar-refractivity contribution in [2.75, 3.05) is 20.8 Å². The van der Waals surface area contributed by atoms with Gasteiger partial charge in [0.15, 0.2) is 17.3 Å². The molecule has 7 heteroatoms. The quantitative estimate of drug-likeness (QED) is 0.458. The number of hydrogen-bond donors (Lipinski definition) is 0. The van der Waals surface area contributed by atoms with Gasteiger partial charge in [0.05, 0.1) is 19.1 Å². The van der Waals surface area contributed by atoms with Crippen molar-refractivity contribution in [2.24, 2.45) is 5.41 Å². The van der Waals surface area contributed by atoms with Crippen LogP contribution in [0.1, 0.15) is 49.3 Å². The fourth-order valence-corrected chi connectivity index (χ4v) is 5.56. The van der Waals surface area contributed by atoms with Crippen molar-refractivity contribution in [3.05, 3.63) is 80.5 Å². The second-order valence-corrected chi connectivity index (χ2v) is 9.95. The molecule has 2 aliphatic heterocycles. The maximum Gasteiger partial charge on any atom is 0.269 e. The summed E-state index contributed by atoms with van der Waals surface area (Å²) in [6.45, 7) is 5.01. The van der Waals surface area contributed by atoms with Crippen molar-refractivity contribution in [3.63, 3.8) is 0 Å². The number of ether oxygens (including phenoxy) is 2. The largest absolute Gasteiger partial charge is 0.493 e. The summed E-state index contributed by atoms with van der Waals surface area (Å²) in [6, 6.07) is 10.7. The molecule has 7 nitrogen and oxygen atoms in total. The first-order valence-corrected chi connectivity index (χ1v) is 11.5. The second kappa shape index (κ2) is 8.01. The van der Waals surface area contributed by atoms with Crippen LogP contribution >= 0.6 is 0 Å². The maximum atomic E-state index is 13.5. The summed E-state index contributed by atoms with van der Waals surface area (Å²) >= 11 is 0. The van der Waals surface area contributed by atoms with Crippen LogP contribution in [0.4, 0.5) is 5.69 Å². The Morgan fingerprint density at radius 1 is 1.09 bits per heavy atom. The Bertz CT molecular complexity index is 1270. The topological polar surface area (TPSA) is 81.9 Å². The third kappa shape index (κ3) is 3.56. The average molecular weight is 461 g/mol. The average Bonchev–Trinajstić information content (AvgIpc) is 2.81. The first-order valence-electron chi connectivity index (χ1n) is 11.5. The Morgan fingerprint density at radius 2 is 1.82 bits per heavy atom. The van der Waals surface area contributed by atoms with Gasteiger partial charge in [0.1, 0.15) is 0 Å². The van der Waals surface area contributed by atoms with Gasteiger partial charge in [-0.2, -0.15) is 0 Å². The Labute approximate surface area is 198 Å². The van der Waals surface area contributed by atoms with E-state index in [-0.39, 0.29) is 27.7 Å². The number of nitro groups is 1. The summed E-state index contributed by atoms with van der Waals surface area (Å²) in [5.74, 6) is 1.12. The van der Waals surface area contributed by atoms with E-state index >= 15 is 0 Å². The molecule has 0 saturated heterocycles. The molecule has 0 fully saturated rings. The number of hydrogen-bond acceptors (Lipinski definition) is 6. The third-order valence-electron chi connectivity index (χ3n) is 7.08. The van der Waals surface area contributed by atoms with Gasteiger partial charge in [-0.25, -0.2) is 0 Å². The number of ketones is 1. The predicted octanol–water partition coefficient (Wildman–Crippen LogP) is 5.25. The molecule has 34 heavy (non-hydrogen) atoms. The lowest BCUT2D eigenvalue weighted by atomic mass is 9.69. The molecule has 0 aromatic heterocycles. The molecule has 2 aromatic rings. The highest BCUT2D eigenvalue weighted by Gasteiger charge is 2.43. The van der Waals surface area contributed by atoms with Crippen LogP contribution in [0.25, 0.3) is 5.70 Å². The zero-order valence-corrected chi connectivity index (χ0v) is 19.9. The minimum Gasteiger partial charge on any atom is -0.493 e. The van der Waals surface area contributed by atoms with Gasteiger partial charge in [0.25, 0.3) is 5.69 Å². The minimum absolute atomic E-state index is 0.0273. The van der Waals surface area contributed by atoms with Gasteiger partial charge < -0.3 is 14.4 Å². The predicted molar refractivity (Wildman–Crippen MR) is 129 cm³/mol. The maximum absolute atomic E-state index is 13.5. The number of rotatable bonds is 4. The third-order valence-corrected chi connectivity index (χ3v) is 7.08. The molecule has 0 radical (unpaired) electrons. The molecule has 0 saturated carbocycles. The minimum atomic E-state index is -0.389. The number of non-ortho nitro benzene ring substituents is 1. The summed E-state index contributed by atoms with van der Waals surface area (Å²) < 4.78 is 11.1. The van der Waals surface area contributed by atoms with Crippen molar-refractivity contribution in [2.45, 2.75) is 39.0 Å². The highest BCUT2D eigenvalue weighted by Crippen LogP contribution is 2.51. The molecule has 0 spiro atoms. The van der Waals surface area contributed by atoms with Crippen molar-refractivity contribution in [3.8, 4) is 11.5 Å². The fraction of sp³-hybridized carbons (Fsp3) is 0.370. The molecule has 2 heterocycles. The van der Waals surface area contributed by atoms with E-state index in [1.165, 1.54) is 6.07 Å². The number of carbonyl (C=O) groups is 1. The smallest absolute Gasteiger partial charge is 0.269 e. The Morgan fingerprint density at radius 3 is 2.53 bits per heavy atom. The van der Waals surface area contributed by atoms with Crippen LogP contribution in [0.2, 0.25) is 0 Å². The van der Waals surface area contributed by atoms with E-state index < -0.39 is 0 Å². The van der Waals surface area contributed by atoms with Crippen molar-refractivity contribution >= 4 is 17.2 Å². The van der Waals surface area contributed by atoms with Crippen molar-refractivity contribution in [1.82, 2.24) is 4.90 Å². The Kier molecular flexibility index (Phi) is 5.23. The molecule has 1 atom stereocenters. The van der Waals surface area contributed by atoms with E-state index in [1.807, 2.05) is 18.2 Å². The van der Waals surface area contributed by atoms with Gasteiger partial charge in [-0.15, -0.1) is 0 Å². The molecule has 176 valence electrons. The molecule has 0 N–H and O–H groups in total. The van der Waals surface area contributed by atoms with E-state index in [0.29, 0.717) is 17.9 Å². The zero-order chi connectivity index (χ0) is 24.2. The molecule has 5 rings (SSSR count). The molecule has 3 aliphatic rings. The molecule has 0 amide bonds. The van der Waals surface area contributed by atoms with Gasteiger partial charge >= 0.3 is 0 Å². The normalized spacial score (nSPS) is 20.7. The lowest BCUT2D eigenvalue weighted by molar-refractivity contribution is -0.384. The van der Waals surface area contributed by atoms with Crippen LogP contribution in [-0.2, 0) is 11.2 Å². The van der Waals surface area contributed by atoms with Crippen molar-refractivity contribution < 1.29 is 19.2 Å². The number of allylic oxidation sites excluding steroid dienone is 3. The van der Waals surface area contributed by atoms with Gasteiger partial charge in [-0.1, -0.05) is 26.0 Å². The number of carbonyl (C=O) groups excluding carboxylic acids is 1. The second-order valence-electron chi connectivity index (χ2n) is 9.95. The Balaban J connectivity index is 1.72. The van der Waals surface area contributed by atoms with Gasteiger partial charge in [0, 0.05) is 53.5 Å². The molecule has 1 unspecified atom stereocenters. The van der Waals surface area contributed by atoms with E-state index in [0.717, 1.165) is 53.0 Å². The first kappa shape index (κ1) is 22.2. The van der Waals surface area contributed by atoms with E-state index in [2.05, 4.69) is 24.8 Å². The van der Waals surface area contributed by atoms with E-state index in [4.69, 9.17) is 9.47 Å². The molecule has 2 aromatic carbocycles. The monoisotopic (exact) mass is 460 g/mol. The van der Waals surface area contributed by atoms with Crippen LogP contribution in [-0.4, -0.2) is 36.4 Å². The molecule has 1 aliphatic carbocycles. The number of methoxy groups -OCH3 is 2. The number of benzene rings is 2. The van der Waals surface area contributed by atoms with Crippen molar-refractivity contribution in [1.29, 1.82) is 0 Å². The van der Waals surface area contributed by atoms with E-state index in [9.17, 15) is 14.9 Å². The lowest BCUT2D eigenvalue weighted by Gasteiger charge is -2.46. The van der Waals surface area contributed by atoms with Gasteiger partial charge in [-0.3, -0.25) is 14.9 Å². The number of Topliss-reactive ketones (excluding diaryl/α,β-unsaturated/α-hetero) is 1. The highest BCUT2D eigenvalue weighted by atomic mass is 16.6. The fourth-order valence-electron chi connectivity index (χ4n) is 5.56. The van der Waals surface area contributed by atoms with Crippen LogP contribution in [0, 0.1) is 15.5 Å². The SMILES string of the molecule is COc1cc2c(cc1OC)C1=CC(c3cccc([N+](=O)[O-])c3)C3=C(CC(C)(C)CC3=O)N1CC2. The van der Waals surface area contributed by atoms with E-state index in [1.54, 1.807) is 26.4 Å². The van der Waals surface area contributed by atoms with Gasteiger partial charge in [0.2, 0.25) is 0 Å². The number of nitro benzene ring substituents is 1. The Hall–Kier alpha value is -3.61.